The number of carbonyl (C=O) groups is 4. The van der Waals surface area contributed by atoms with Gasteiger partial charge in [0.1, 0.15) is 48.1 Å². The molecular formula is C40H40O8S4. The van der Waals surface area contributed by atoms with Crippen molar-refractivity contribution in [2.75, 3.05) is 26.4 Å². The number of aldehydes is 4. The Bertz CT molecular complexity index is 1570. The van der Waals surface area contributed by atoms with Gasteiger partial charge in [-0.2, -0.15) is 0 Å². The number of benzene rings is 4. The van der Waals surface area contributed by atoms with Crippen molar-refractivity contribution in [1.82, 2.24) is 0 Å². The van der Waals surface area contributed by atoms with Crippen LogP contribution in [0.4, 0.5) is 0 Å². The van der Waals surface area contributed by atoms with Crippen molar-refractivity contribution in [3.63, 3.8) is 0 Å². The molecule has 0 aromatic heterocycles. The minimum atomic E-state index is 0.416. The summed E-state index contributed by atoms with van der Waals surface area (Å²) in [7, 11) is 0. The van der Waals surface area contributed by atoms with Crippen LogP contribution >= 0.6 is 47.0 Å². The monoisotopic (exact) mass is 776 g/mol. The first kappa shape index (κ1) is 39.4. The molecule has 272 valence electrons. The van der Waals surface area contributed by atoms with Crippen LogP contribution in [0.25, 0.3) is 0 Å². The quantitative estimate of drug-likeness (QED) is 0.0891. The van der Waals surface area contributed by atoms with Gasteiger partial charge in [0.05, 0.1) is 65.6 Å². The number of carbonyl (C=O) groups excluding carboxylic acids is 4. The zero-order valence-corrected chi connectivity index (χ0v) is 32.8. The summed E-state index contributed by atoms with van der Waals surface area (Å²) in [6.07, 6.45) is 6.13. The zero-order chi connectivity index (χ0) is 37.0. The number of ether oxygens (including phenoxy) is 4. The molecule has 0 radical (unpaired) electrons. The van der Waals surface area contributed by atoms with Gasteiger partial charge in [0, 0.05) is 22.3 Å². The normalized spacial score (nSPS) is 12.1. The van der Waals surface area contributed by atoms with E-state index in [4.69, 9.17) is 18.9 Å². The van der Waals surface area contributed by atoms with E-state index in [9.17, 15) is 19.2 Å². The lowest BCUT2D eigenvalue weighted by Gasteiger charge is -2.22. The van der Waals surface area contributed by atoms with E-state index in [0.29, 0.717) is 111 Å². The second kappa shape index (κ2) is 19.3. The SMILES string of the molecule is CCCOc1c2cc(C=O)cc1Sc1cc(C=O)cc(c1OCCC)Sc1cc(C=O)cc(c1OCCC)Sc1cc(C=O)cc(c1OCCC)S2. The van der Waals surface area contributed by atoms with E-state index in [-0.39, 0.29) is 0 Å². The average Bonchev–Trinajstić information content (AvgIpc) is 3.15. The molecule has 0 amide bonds. The van der Waals surface area contributed by atoms with Crippen molar-refractivity contribution >= 4 is 72.2 Å². The average molecular weight is 777 g/mol. The Morgan fingerprint density at radius 3 is 0.673 bits per heavy atom. The van der Waals surface area contributed by atoms with Crippen LogP contribution in [-0.4, -0.2) is 51.6 Å². The molecule has 4 aromatic carbocycles. The van der Waals surface area contributed by atoms with Crippen LogP contribution in [0.5, 0.6) is 23.0 Å². The summed E-state index contributed by atoms with van der Waals surface area (Å²) >= 11 is 5.37. The van der Waals surface area contributed by atoms with E-state index in [0.717, 1.165) is 50.8 Å². The highest BCUT2D eigenvalue weighted by molar-refractivity contribution is 8.01. The maximum Gasteiger partial charge on any atom is 0.150 e. The van der Waals surface area contributed by atoms with Gasteiger partial charge in [-0.3, -0.25) is 19.2 Å². The third-order valence-electron chi connectivity index (χ3n) is 7.40. The topological polar surface area (TPSA) is 105 Å². The van der Waals surface area contributed by atoms with Gasteiger partial charge >= 0.3 is 0 Å². The molecule has 0 saturated carbocycles. The molecule has 0 aliphatic carbocycles. The van der Waals surface area contributed by atoms with Crippen molar-refractivity contribution in [2.45, 2.75) is 92.5 Å². The fourth-order valence-electron chi connectivity index (χ4n) is 5.13. The lowest BCUT2D eigenvalue weighted by molar-refractivity contribution is 0.111. The van der Waals surface area contributed by atoms with Crippen LogP contribution in [0.1, 0.15) is 94.8 Å². The summed E-state index contributed by atoms with van der Waals surface area (Å²) in [5, 5.41) is 0. The molecule has 5 rings (SSSR count). The van der Waals surface area contributed by atoms with Gasteiger partial charge in [-0.05, 0) is 74.2 Å². The molecule has 0 saturated heterocycles. The highest BCUT2D eigenvalue weighted by atomic mass is 32.2. The lowest BCUT2D eigenvalue weighted by atomic mass is 10.2. The third-order valence-corrected chi connectivity index (χ3v) is 11.6. The first-order chi connectivity index (χ1) is 25.4. The molecule has 52 heavy (non-hydrogen) atoms. The van der Waals surface area contributed by atoms with Gasteiger partial charge in [0.2, 0.25) is 0 Å². The molecule has 0 fully saturated rings. The largest absolute Gasteiger partial charge is 0.491 e. The van der Waals surface area contributed by atoms with Crippen LogP contribution in [0, 0.1) is 0 Å². The smallest absolute Gasteiger partial charge is 0.150 e. The Kier molecular flexibility index (Phi) is 14.6. The summed E-state index contributed by atoms with van der Waals surface area (Å²) in [6, 6.07) is 14.2. The van der Waals surface area contributed by atoms with E-state index in [1.807, 2.05) is 27.7 Å². The van der Waals surface area contributed by atoms with Gasteiger partial charge in [0.15, 0.2) is 0 Å². The molecule has 1 aliphatic heterocycles. The van der Waals surface area contributed by atoms with E-state index < -0.39 is 0 Å². The molecule has 1 heterocycles. The fraction of sp³-hybridized carbons (Fsp3) is 0.300. The van der Waals surface area contributed by atoms with Crippen LogP contribution in [0.2, 0.25) is 0 Å². The Labute approximate surface area is 321 Å². The Balaban J connectivity index is 1.91. The summed E-state index contributed by atoms with van der Waals surface area (Å²) in [5.74, 6) is 2.24. The number of hydrogen-bond donors (Lipinski definition) is 0. The second-order valence-electron chi connectivity index (χ2n) is 11.7. The molecule has 8 bridgehead atoms. The standard InChI is InChI=1S/C40H40O8S4/c1-5-9-45-37-29-13-25(21-41)14-30(37)50-32-16-27(23-43)18-34(39(32)47-11-7-3)52-36-20-28(24-44)19-35(40(36)48-12-8-4)51-33-17-26(22-42)15-31(49-29)38(33)46-10-6-2/h13-24H,5-12H2,1-4H3. The van der Waals surface area contributed by atoms with E-state index >= 15 is 0 Å². The van der Waals surface area contributed by atoms with Gasteiger partial charge in [0.25, 0.3) is 0 Å². The van der Waals surface area contributed by atoms with Crippen molar-refractivity contribution < 1.29 is 38.1 Å². The number of rotatable bonds is 16. The van der Waals surface area contributed by atoms with Gasteiger partial charge < -0.3 is 18.9 Å². The van der Waals surface area contributed by atoms with Crippen molar-refractivity contribution in [3.05, 3.63) is 70.8 Å². The molecule has 12 heteroatoms. The Morgan fingerprint density at radius 2 is 0.538 bits per heavy atom. The summed E-state index contributed by atoms with van der Waals surface area (Å²) in [4.78, 5) is 54.9. The fourth-order valence-corrected chi connectivity index (χ4v) is 9.98. The predicted octanol–water partition coefficient (Wildman–Crippen LogP) is 11.0. The minimum Gasteiger partial charge on any atom is -0.491 e. The summed E-state index contributed by atoms with van der Waals surface area (Å²) in [6.45, 7) is 9.73. The first-order valence-corrected chi connectivity index (χ1v) is 20.4. The van der Waals surface area contributed by atoms with Crippen LogP contribution in [0.3, 0.4) is 0 Å². The van der Waals surface area contributed by atoms with Crippen molar-refractivity contribution in [3.8, 4) is 23.0 Å². The first-order valence-electron chi connectivity index (χ1n) is 17.1. The van der Waals surface area contributed by atoms with Gasteiger partial charge in [-0.25, -0.2) is 0 Å². The van der Waals surface area contributed by atoms with Crippen LogP contribution < -0.4 is 18.9 Å². The summed E-state index contributed by atoms with van der Waals surface area (Å²) in [5.41, 5.74) is 1.72. The number of fused-ring (bicyclic) bond motifs is 8. The number of hydrogen-bond acceptors (Lipinski definition) is 12. The summed E-state index contributed by atoms with van der Waals surface area (Å²) < 4.78 is 25.7. The van der Waals surface area contributed by atoms with E-state index in [2.05, 4.69) is 0 Å². The van der Waals surface area contributed by atoms with Crippen LogP contribution in [0.15, 0.2) is 87.7 Å². The molecule has 4 aromatic rings. The highest BCUT2D eigenvalue weighted by Crippen LogP contribution is 2.54. The lowest BCUT2D eigenvalue weighted by Crippen LogP contribution is -2.04. The van der Waals surface area contributed by atoms with Crippen molar-refractivity contribution in [2.24, 2.45) is 0 Å². The maximum atomic E-state index is 12.4. The predicted molar refractivity (Wildman–Crippen MR) is 207 cm³/mol. The third kappa shape index (κ3) is 9.38. The highest BCUT2D eigenvalue weighted by Gasteiger charge is 2.26. The van der Waals surface area contributed by atoms with Gasteiger partial charge in [-0.15, -0.1) is 0 Å². The molecule has 0 N–H and O–H groups in total. The molecule has 0 spiro atoms. The maximum absolute atomic E-state index is 12.4. The van der Waals surface area contributed by atoms with E-state index in [1.54, 1.807) is 48.5 Å². The van der Waals surface area contributed by atoms with E-state index in [1.165, 1.54) is 47.0 Å². The Hall–Kier alpha value is -3.84. The molecule has 0 atom stereocenters. The van der Waals surface area contributed by atoms with Crippen molar-refractivity contribution in [1.29, 1.82) is 0 Å². The molecular weight excluding hydrogens is 737 g/mol. The minimum absolute atomic E-state index is 0.416. The Morgan fingerprint density at radius 1 is 0.365 bits per heavy atom. The molecule has 0 unspecified atom stereocenters. The zero-order valence-electron chi connectivity index (χ0n) is 29.5. The van der Waals surface area contributed by atoms with Gasteiger partial charge in [-0.1, -0.05) is 74.7 Å². The molecule has 1 aliphatic rings. The second-order valence-corrected chi connectivity index (χ2v) is 16.0. The van der Waals surface area contributed by atoms with Crippen LogP contribution in [-0.2, 0) is 0 Å². The molecule has 8 nitrogen and oxygen atoms in total.